The fourth-order valence-corrected chi connectivity index (χ4v) is 4.13. The molecule has 3 aromatic carbocycles. The van der Waals surface area contributed by atoms with Crippen LogP contribution in [0.25, 0.3) is 10.8 Å². The van der Waals surface area contributed by atoms with Gasteiger partial charge in [0.25, 0.3) is 0 Å². The average Bonchev–Trinajstić information content (AvgIpc) is 2.54. The first kappa shape index (κ1) is 17.2. The van der Waals surface area contributed by atoms with Crippen molar-refractivity contribution < 1.29 is 13.2 Å². The molecular weight excluding hydrogens is 334 g/mol. The van der Waals surface area contributed by atoms with Crippen molar-refractivity contribution in [2.45, 2.75) is 12.7 Å². The summed E-state index contributed by atoms with van der Waals surface area (Å²) in [6.07, 6.45) is 0. The van der Waals surface area contributed by atoms with Gasteiger partial charge in [0.1, 0.15) is 5.75 Å². The summed E-state index contributed by atoms with van der Waals surface area (Å²) >= 11 is 0. The second-order valence-electron chi connectivity index (χ2n) is 6.09. The summed E-state index contributed by atoms with van der Waals surface area (Å²) in [5.74, 6) is -1.22. The maximum absolute atomic E-state index is 12.5. The highest BCUT2D eigenvalue weighted by molar-refractivity contribution is 7.91. The van der Waals surface area contributed by atoms with Crippen LogP contribution in [0.2, 0.25) is 0 Å². The Bertz CT molecular complexity index is 1020. The van der Waals surface area contributed by atoms with Crippen molar-refractivity contribution in [3.05, 3.63) is 77.9 Å². The SMILES string of the molecule is Cc1cccc(NC(=O)CS(=O)(=O)Cc2cccc3ccccc23)c1. The zero-order valence-electron chi connectivity index (χ0n) is 13.9. The normalized spacial score (nSPS) is 11.4. The minimum absolute atomic E-state index is 0.157. The van der Waals surface area contributed by atoms with Gasteiger partial charge in [-0.1, -0.05) is 54.6 Å². The van der Waals surface area contributed by atoms with Crippen LogP contribution in [0.1, 0.15) is 11.1 Å². The first-order chi connectivity index (χ1) is 11.9. The summed E-state index contributed by atoms with van der Waals surface area (Å²) < 4.78 is 24.9. The largest absolute Gasteiger partial charge is 0.325 e. The number of carbonyl (C=O) groups excluding carboxylic acids is 1. The molecule has 3 aromatic rings. The zero-order chi connectivity index (χ0) is 17.9. The third-order valence-electron chi connectivity index (χ3n) is 3.91. The Labute approximate surface area is 147 Å². The van der Waals surface area contributed by atoms with Crippen molar-refractivity contribution in [3.63, 3.8) is 0 Å². The van der Waals surface area contributed by atoms with Crippen molar-refractivity contribution in [1.29, 1.82) is 0 Å². The molecule has 0 aliphatic rings. The van der Waals surface area contributed by atoms with Crippen LogP contribution >= 0.6 is 0 Å². The quantitative estimate of drug-likeness (QED) is 0.761. The van der Waals surface area contributed by atoms with Gasteiger partial charge in [-0.15, -0.1) is 0 Å². The number of carbonyl (C=O) groups is 1. The highest BCUT2D eigenvalue weighted by atomic mass is 32.2. The number of fused-ring (bicyclic) bond motifs is 1. The summed E-state index contributed by atoms with van der Waals surface area (Å²) in [6, 6.07) is 20.5. The topological polar surface area (TPSA) is 63.2 Å². The van der Waals surface area contributed by atoms with E-state index in [0.717, 1.165) is 16.3 Å². The van der Waals surface area contributed by atoms with Crippen LogP contribution in [0.4, 0.5) is 5.69 Å². The van der Waals surface area contributed by atoms with E-state index >= 15 is 0 Å². The van der Waals surface area contributed by atoms with Crippen molar-refractivity contribution >= 4 is 32.2 Å². The van der Waals surface area contributed by atoms with Crippen LogP contribution in [0, 0.1) is 6.92 Å². The standard InChI is InChI=1S/C20H19NO3S/c1-15-6-4-10-18(12-15)21-20(22)14-25(23,24)13-17-9-5-8-16-7-2-3-11-19(16)17/h2-12H,13-14H2,1H3,(H,21,22). The number of anilines is 1. The lowest BCUT2D eigenvalue weighted by molar-refractivity contribution is -0.113. The third-order valence-corrected chi connectivity index (χ3v) is 5.36. The monoisotopic (exact) mass is 353 g/mol. The van der Waals surface area contributed by atoms with E-state index in [9.17, 15) is 13.2 Å². The van der Waals surface area contributed by atoms with E-state index in [1.54, 1.807) is 18.2 Å². The van der Waals surface area contributed by atoms with Gasteiger partial charge in [0.15, 0.2) is 9.84 Å². The van der Waals surface area contributed by atoms with Gasteiger partial charge in [-0.25, -0.2) is 8.42 Å². The molecule has 0 saturated heterocycles. The van der Waals surface area contributed by atoms with Crippen molar-refractivity contribution in [2.24, 2.45) is 0 Å². The van der Waals surface area contributed by atoms with E-state index in [1.807, 2.05) is 55.5 Å². The molecule has 0 fully saturated rings. The second kappa shape index (κ2) is 7.07. The summed E-state index contributed by atoms with van der Waals surface area (Å²) in [6.45, 7) is 1.91. The number of rotatable bonds is 5. The third kappa shape index (κ3) is 4.45. The predicted molar refractivity (Wildman–Crippen MR) is 101 cm³/mol. The van der Waals surface area contributed by atoms with Gasteiger partial charge in [-0.2, -0.15) is 0 Å². The van der Waals surface area contributed by atoms with Crippen molar-refractivity contribution in [3.8, 4) is 0 Å². The van der Waals surface area contributed by atoms with Gasteiger partial charge in [-0.05, 0) is 41.0 Å². The lowest BCUT2D eigenvalue weighted by Gasteiger charge is -2.09. The van der Waals surface area contributed by atoms with Crippen LogP contribution in [0.3, 0.4) is 0 Å². The number of sulfone groups is 1. The van der Waals surface area contributed by atoms with E-state index in [-0.39, 0.29) is 5.75 Å². The molecule has 0 aliphatic carbocycles. The van der Waals surface area contributed by atoms with Gasteiger partial charge >= 0.3 is 0 Å². The Morgan fingerprint density at radius 1 is 0.960 bits per heavy atom. The van der Waals surface area contributed by atoms with E-state index in [1.165, 1.54) is 0 Å². The Morgan fingerprint density at radius 2 is 1.68 bits per heavy atom. The maximum Gasteiger partial charge on any atom is 0.239 e. The molecule has 0 spiro atoms. The Balaban J connectivity index is 1.74. The second-order valence-corrected chi connectivity index (χ2v) is 8.15. The lowest BCUT2D eigenvalue weighted by atomic mass is 10.1. The Kier molecular flexibility index (Phi) is 4.86. The molecule has 0 heterocycles. The molecule has 0 unspecified atom stereocenters. The van der Waals surface area contributed by atoms with Crippen LogP contribution in [-0.4, -0.2) is 20.1 Å². The van der Waals surface area contributed by atoms with Crippen LogP contribution in [0.5, 0.6) is 0 Å². The van der Waals surface area contributed by atoms with Gasteiger partial charge in [0.05, 0.1) is 5.75 Å². The number of hydrogen-bond donors (Lipinski definition) is 1. The molecule has 1 N–H and O–H groups in total. The summed E-state index contributed by atoms with van der Waals surface area (Å²) in [7, 11) is -3.57. The summed E-state index contributed by atoms with van der Waals surface area (Å²) in [4.78, 5) is 12.1. The van der Waals surface area contributed by atoms with Gasteiger partial charge in [0, 0.05) is 5.69 Å². The van der Waals surface area contributed by atoms with Crippen molar-refractivity contribution in [2.75, 3.05) is 11.1 Å². The highest BCUT2D eigenvalue weighted by Crippen LogP contribution is 2.21. The molecule has 5 heteroatoms. The minimum Gasteiger partial charge on any atom is -0.325 e. The molecule has 0 saturated carbocycles. The molecule has 4 nitrogen and oxygen atoms in total. The van der Waals surface area contributed by atoms with E-state index in [0.29, 0.717) is 11.3 Å². The molecule has 128 valence electrons. The number of amides is 1. The number of nitrogens with one attached hydrogen (secondary N) is 1. The fraction of sp³-hybridized carbons (Fsp3) is 0.150. The predicted octanol–water partition coefficient (Wildman–Crippen LogP) is 3.70. The van der Waals surface area contributed by atoms with Crippen LogP contribution in [-0.2, 0) is 20.4 Å². The molecule has 0 bridgehead atoms. The van der Waals surface area contributed by atoms with Crippen LogP contribution in [0.15, 0.2) is 66.7 Å². The molecule has 0 aromatic heterocycles. The minimum atomic E-state index is -3.57. The first-order valence-corrected chi connectivity index (χ1v) is 9.79. The molecule has 0 atom stereocenters. The zero-order valence-corrected chi connectivity index (χ0v) is 14.7. The van der Waals surface area contributed by atoms with Gasteiger partial charge < -0.3 is 5.32 Å². The van der Waals surface area contributed by atoms with E-state index in [2.05, 4.69) is 5.32 Å². The average molecular weight is 353 g/mol. The summed E-state index contributed by atoms with van der Waals surface area (Å²) in [5.41, 5.74) is 2.31. The molecule has 0 radical (unpaired) electrons. The maximum atomic E-state index is 12.5. The molecule has 1 amide bonds. The molecule has 0 aliphatic heterocycles. The van der Waals surface area contributed by atoms with E-state index < -0.39 is 21.5 Å². The number of benzene rings is 3. The fourth-order valence-electron chi connectivity index (χ4n) is 2.83. The smallest absolute Gasteiger partial charge is 0.239 e. The lowest BCUT2D eigenvalue weighted by Crippen LogP contribution is -2.24. The van der Waals surface area contributed by atoms with Crippen LogP contribution < -0.4 is 5.32 Å². The molecule has 25 heavy (non-hydrogen) atoms. The van der Waals surface area contributed by atoms with Crippen molar-refractivity contribution in [1.82, 2.24) is 0 Å². The highest BCUT2D eigenvalue weighted by Gasteiger charge is 2.18. The molecule has 3 rings (SSSR count). The Hall–Kier alpha value is -2.66. The summed E-state index contributed by atoms with van der Waals surface area (Å²) in [5, 5.41) is 4.53. The van der Waals surface area contributed by atoms with Gasteiger partial charge in [0.2, 0.25) is 5.91 Å². The van der Waals surface area contributed by atoms with Gasteiger partial charge in [-0.3, -0.25) is 4.79 Å². The Morgan fingerprint density at radius 3 is 2.48 bits per heavy atom. The number of hydrogen-bond acceptors (Lipinski definition) is 3. The van der Waals surface area contributed by atoms with E-state index in [4.69, 9.17) is 0 Å². The first-order valence-electron chi connectivity index (χ1n) is 7.96. The molecular formula is C20H19NO3S. The number of aryl methyl sites for hydroxylation is 1.